The molecule has 0 aliphatic heterocycles. The highest BCUT2D eigenvalue weighted by molar-refractivity contribution is 7.09. The van der Waals surface area contributed by atoms with E-state index in [0.29, 0.717) is 5.01 Å². The van der Waals surface area contributed by atoms with Gasteiger partial charge in [0, 0.05) is 18.1 Å². The van der Waals surface area contributed by atoms with Crippen molar-refractivity contribution in [1.82, 2.24) is 4.98 Å². The van der Waals surface area contributed by atoms with E-state index in [1.165, 1.54) is 18.4 Å². The average Bonchev–Trinajstić information content (AvgIpc) is 2.58. The van der Waals surface area contributed by atoms with Crippen molar-refractivity contribution < 1.29 is 9.53 Å². The summed E-state index contributed by atoms with van der Waals surface area (Å²) in [4.78, 5) is 15.1. The maximum atomic E-state index is 11.1. The number of esters is 1. The zero-order chi connectivity index (χ0) is 8.97. The lowest BCUT2D eigenvalue weighted by molar-refractivity contribution is -0.142. The fraction of sp³-hybridized carbons (Fsp3) is 0.429. The zero-order valence-electron chi connectivity index (χ0n) is 6.69. The summed E-state index contributed by atoms with van der Waals surface area (Å²) in [5, 5.41) is 2.52. The standard InChI is InChI=1S/C7H10N2O2S/c1-11-7(10)5(4-8)6-9-2-3-12-6/h2-3,5H,4,8H2,1H3. The first kappa shape index (κ1) is 9.15. The van der Waals surface area contributed by atoms with E-state index in [1.54, 1.807) is 11.6 Å². The normalized spacial score (nSPS) is 12.5. The molecule has 0 saturated carbocycles. The quantitative estimate of drug-likeness (QED) is 0.692. The lowest BCUT2D eigenvalue weighted by atomic mass is 10.1. The highest BCUT2D eigenvalue weighted by Gasteiger charge is 2.21. The summed E-state index contributed by atoms with van der Waals surface area (Å²) in [6.07, 6.45) is 1.64. The second-order valence-corrected chi connectivity index (χ2v) is 3.11. The minimum atomic E-state index is -0.407. The van der Waals surface area contributed by atoms with Crippen LogP contribution < -0.4 is 5.73 Å². The predicted molar refractivity (Wildman–Crippen MR) is 45.9 cm³/mol. The molecule has 4 nitrogen and oxygen atoms in total. The molecule has 1 aromatic rings. The number of nitrogens with zero attached hydrogens (tertiary/aromatic N) is 1. The van der Waals surface area contributed by atoms with E-state index >= 15 is 0 Å². The van der Waals surface area contributed by atoms with Crippen molar-refractivity contribution in [2.45, 2.75) is 5.92 Å². The predicted octanol–water partition coefficient (Wildman–Crippen LogP) is 0.358. The van der Waals surface area contributed by atoms with Crippen LogP contribution in [-0.2, 0) is 9.53 Å². The van der Waals surface area contributed by atoms with Gasteiger partial charge in [0.25, 0.3) is 0 Å². The number of aromatic nitrogens is 1. The fourth-order valence-corrected chi connectivity index (χ4v) is 1.59. The second kappa shape index (κ2) is 4.18. The molecule has 1 atom stereocenters. The Morgan fingerprint density at radius 3 is 3.08 bits per heavy atom. The van der Waals surface area contributed by atoms with Crippen molar-refractivity contribution in [2.75, 3.05) is 13.7 Å². The largest absolute Gasteiger partial charge is 0.468 e. The molecule has 66 valence electrons. The van der Waals surface area contributed by atoms with E-state index in [4.69, 9.17) is 5.73 Å². The minimum Gasteiger partial charge on any atom is -0.468 e. The van der Waals surface area contributed by atoms with Crippen molar-refractivity contribution in [2.24, 2.45) is 5.73 Å². The molecule has 0 aliphatic carbocycles. The molecule has 0 amide bonds. The van der Waals surface area contributed by atoms with Gasteiger partial charge in [0.1, 0.15) is 10.9 Å². The van der Waals surface area contributed by atoms with Gasteiger partial charge in [0.2, 0.25) is 0 Å². The molecule has 1 rings (SSSR count). The van der Waals surface area contributed by atoms with Crippen LogP contribution in [0.3, 0.4) is 0 Å². The van der Waals surface area contributed by atoms with Crippen molar-refractivity contribution in [3.8, 4) is 0 Å². The summed E-state index contributed by atoms with van der Waals surface area (Å²) in [5.41, 5.74) is 5.41. The molecule has 0 aliphatic rings. The van der Waals surface area contributed by atoms with Gasteiger partial charge in [-0.3, -0.25) is 4.79 Å². The van der Waals surface area contributed by atoms with Crippen LogP contribution in [0.4, 0.5) is 0 Å². The lowest BCUT2D eigenvalue weighted by Crippen LogP contribution is -2.22. The van der Waals surface area contributed by atoms with E-state index in [1.807, 2.05) is 0 Å². The summed E-state index contributed by atoms with van der Waals surface area (Å²) < 4.78 is 4.57. The first-order valence-corrected chi connectivity index (χ1v) is 4.34. The Balaban J connectivity index is 2.76. The fourth-order valence-electron chi connectivity index (χ4n) is 0.847. The third-order valence-corrected chi connectivity index (χ3v) is 2.36. The van der Waals surface area contributed by atoms with Gasteiger partial charge in [-0.15, -0.1) is 11.3 Å². The third-order valence-electron chi connectivity index (χ3n) is 1.47. The van der Waals surface area contributed by atoms with E-state index in [-0.39, 0.29) is 12.5 Å². The molecule has 0 aromatic carbocycles. The van der Waals surface area contributed by atoms with Gasteiger partial charge in [-0.1, -0.05) is 0 Å². The molecule has 0 radical (unpaired) electrons. The molecule has 0 fully saturated rings. The number of hydrogen-bond donors (Lipinski definition) is 1. The van der Waals surface area contributed by atoms with Crippen LogP contribution in [0, 0.1) is 0 Å². The number of ether oxygens (including phenoxy) is 1. The minimum absolute atomic E-state index is 0.236. The molecule has 2 N–H and O–H groups in total. The number of carbonyl (C=O) groups is 1. The van der Waals surface area contributed by atoms with Crippen molar-refractivity contribution >= 4 is 17.3 Å². The van der Waals surface area contributed by atoms with Crippen molar-refractivity contribution in [1.29, 1.82) is 0 Å². The Morgan fingerprint density at radius 1 is 1.92 bits per heavy atom. The van der Waals surface area contributed by atoms with Crippen LogP contribution in [0.2, 0.25) is 0 Å². The highest BCUT2D eigenvalue weighted by atomic mass is 32.1. The van der Waals surface area contributed by atoms with Crippen molar-refractivity contribution in [3.63, 3.8) is 0 Å². The highest BCUT2D eigenvalue weighted by Crippen LogP contribution is 2.17. The number of methoxy groups -OCH3 is 1. The Kier molecular flexibility index (Phi) is 3.19. The van der Waals surface area contributed by atoms with Gasteiger partial charge < -0.3 is 10.5 Å². The van der Waals surface area contributed by atoms with E-state index in [0.717, 1.165) is 0 Å². The first-order valence-electron chi connectivity index (χ1n) is 3.47. The molecule has 1 heterocycles. The number of nitrogens with two attached hydrogens (primary N) is 1. The molecule has 5 heteroatoms. The van der Waals surface area contributed by atoms with Gasteiger partial charge >= 0.3 is 5.97 Å². The van der Waals surface area contributed by atoms with Gasteiger partial charge in [0.05, 0.1) is 7.11 Å². The molecule has 0 bridgehead atoms. The molecule has 1 aromatic heterocycles. The summed E-state index contributed by atoms with van der Waals surface area (Å²) in [6.45, 7) is 0.236. The average molecular weight is 186 g/mol. The topological polar surface area (TPSA) is 65.2 Å². The van der Waals surface area contributed by atoms with Crippen LogP contribution in [0.1, 0.15) is 10.9 Å². The van der Waals surface area contributed by atoms with Crippen LogP contribution in [0.15, 0.2) is 11.6 Å². The lowest BCUT2D eigenvalue weighted by Gasteiger charge is -2.07. The Bertz CT molecular complexity index is 248. The first-order chi connectivity index (χ1) is 5.79. The van der Waals surface area contributed by atoms with E-state index in [2.05, 4.69) is 9.72 Å². The molecule has 12 heavy (non-hydrogen) atoms. The number of hydrogen-bond acceptors (Lipinski definition) is 5. The Labute approximate surface area is 74.4 Å². The van der Waals surface area contributed by atoms with Crippen LogP contribution in [0.25, 0.3) is 0 Å². The van der Waals surface area contributed by atoms with Gasteiger partial charge in [-0.05, 0) is 0 Å². The van der Waals surface area contributed by atoms with Crippen LogP contribution >= 0.6 is 11.3 Å². The molecular formula is C7H10N2O2S. The summed E-state index contributed by atoms with van der Waals surface area (Å²) in [7, 11) is 1.35. The number of rotatable bonds is 3. The molecule has 0 saturated heterocycles. The SMILES string of the molecule is COC(=O)C(CN)c1nccs1. The van der Waals surface area contributed by atoms with Gasteiger partial charge in [0.15, 0.2) is 0 Å². The molecule has 1 unspecified atom stereocenters. The van der Waals surface area contributed by atoms with E-state index < -0.39 is 5.92 Å². The Hall–Kier alpha value is -0.940. The molecule has 0 spiro atoms. The summed E-state index contributed by atoms with van der Waals surface area (Å²) in [6, 6.07) is 0. The maximum absolute atomic E-state index is 11.1. The van der Waals surface area contributed by atoms with Crippen LogP contribution in [-0.4, -0.2) is 24.6 Å². The number of thiazole rings is 1. The summed E-state index contributed by atoms with van der Waals surface area (Å²) >= 11 is 1.41. The zero-order valence-corrected chi connectivity index (χ0v) is 7.50. The van der Waals surface area contributed by atoms with E-state index in [9.17, 15) is 4.79 Å². The monoisotopic (exact) mass is 186 g/mol. The second-order valence-electron chi connectivity index (χ2n) is 2.18. The van der Waals surface area contributed by atoms with Crippen molar-refractivity contribution in [3.05, 3.63) is 16.6 Å². The third kappa shape index (κ3) is 1.80. The van der Waals surface area contributed by atoms with Gasteiger partial charge in [-0.2, -0.15) is 0 Å². The Morgan fingerprint density at radius 2 is 2.67 bits per heavy atom. The maximum Gasteiger partial charge on any atom is 0.316 e. The van der Waals surface area contributed by atoms with Gasteiger partial charge in [-0.25, -0.2) is 4.98 Å². The number of carbonyl (C=O) groups excluding carboxylic acids is 1. The van der Waals surface area contributed by atoms with Crippen LogP contribution in [0.5, 0.6) is 0 Å². The smallest absolute Gasteiger partial charge is 0.316 e. The summed E-state index contributed by atoms with van der Waals surface area (Å²) in [5.74, 6) is -0.734. The molecular weight excluding hydrogens is 176 g/mol.